The Morgan fingerprint density at radius 1 is 1.19 bits per heavy atom. The Morgan fingerprint density at radius 2 is 2.05 bits per heavy atom. The lowest BCUT2D eigenvalue weighted by atomic mass is 10.00. The Kier molecular flexibility index (Phi) is 3.60. The summed E-state index contributed by atoms with van der Waals surface area (Å²) >= 11 is 6.22. The van der Waals surface area contributed by atoms with Gasteiger partial charge in [0.1, 0.15) is 0 Å². The van der Waals surface area contributed by atoms with Gasteiger partial charge in [-0.05, 0) is 49.3 Å². The zero-order chi connectivity index (χ0) is 14.4. The minimum atomic E-state index is -0.104. The van der Waals surface area contributed by atoms with Crippen molar-refractivity contribution in [1.82, 2.24) is 5.32 Å². The van der Waals surface area contributed by atoms with Crippen LogP contribution >= 0.6 is 11.6 Å². The van der Waals surface area contributed by atoms with Crippen LogP contribution in [0.5, 0.6) is 0 Å². The molecular formula is C17H23ClN2O. The van der Waals surface area contributed by atoms with Gasteiger partial charge in [0.25, 0.3) is 0 Å². The Labute approximate surface area is 131 Å². The largest absolute Gasteiger partial charge is 0.393 e. The van der Waals surface area contributed by atoms with E-state index in [0.717, 1.165) is 31.1 Å². The third-order valence-corrected chi connectivity index (χ3v) is 5.60. The number of halogens is 1. The van der Waals surface area contributed by atoms with E-state index in [0.29, 0.717) is 17.9 Å². The fourth-order valence-electron chi connectivity index (χ4n) is 3.96. The second-order valence-electron chi connectivity index (χ2n) is 6.90. The summed E-state index contributed by atoms with van der Waals surface area (Å²) in [5.41, 5.74) is 2.60. The SMILES string of the molecule is OC1CCC2CN(c3cc(Cl)ccc3CNC3CC3)CC12. The lowest BCUT2D eigenvalue weighted by Gasteiger charge is -2.24. The van der Waals surface area contributed by atoms with Gasteiger partial charge in [0.2, 0.25) is 0 Å². The first kappa shape index (κ1) is 13.9. The standard InChI is InChI=1S/C17H23ClN2O/c18-13-3-1-11(8-19-14-4-5-14)16(7-13)20-9-12-2-6-17(21)15(12)10-20/h1,3,7,12,14-15,17,19,21H,2,4-6,8-10H2. The second-order valence-corrected chi connectivity index (χ2v) is 7.34. The molecule has 3 nitrogen and oxygen atoms in total. The van der Waals surface area contributed by atoms with Gasteiger partial charge in [0, 0.05) is 42.3 Å². The van der Waals surface area contributed by atoms with Gasteiger partial charge in [0.15, 0.2) is 0 Å². The van der Waals surface area contributed by atoms with Crippen LogP contribution in [0.3, 0.4) is 0 Å². The van der Waals surface area contributed by atoms with E-state index in [1.54, 1.807) is 0 Å². The molecule has 114 valence electrons. The van der Waals surface area contributed by atoms with E-state index < -0.39 is 0 Å². The third kappa shape index (κ3) is 2.79. The predicted octanol–water partition coefficient (Wildman–Crippen LogP) is 2.80. The van der Waals surface area contributed by atoms with Gasteiger partial charge in [-0.1, -0.05) is 17.7 Å². The summed E-state index contributed by atoms with van der Waals surface area (Å²) < 4.78 is 0. The molecule has 1 aromatic rings. The number of fused-ring (bicyclic) bond motifs is 1. The Morgan fingerprint density at radius 3 is 2.81 bits per heavy atom. The van der Waals surface area contributed by atoms with Crippen LogP contribution in [0.2, 0.25) is 5.02 Å². The smallest absolute Gasteiger partial charge is 0.0588 e. The van der Waals surface area contributed by atoms with Crippen molar-refractivity contribution in [1.29, 1.82) is 0 Å². The molecule has 3 unspecified atom stereocenters. The maximum Gasteiger partial charge on any atom is 0.0588 e. The number of hydrogen-bond donors (Lipinski definition) is 2. The maximum atomic E-state index is 10.1. The van der Waals surface area contributed by atoms with Crippen molar-refractivity contribution in [3.63, 3.8) is 0 Å². The average Bonchev–Trinajstić information content (AvgIpc) is 3.10. The molecule has 2 N–H and O–H groups in total. The molecule has 3 aliphatic rings. The number of aliphatic hydroxyl groups excluding tert-OH is 1. The minimum Gasteiger partial charge on any atom is -0.393 e. The number of aliphatic hydroxyl groups is 1. The third-order valence-electron chi connectivity index (χ3n) is 5.37. The van der Waals surface area contributed by atoms with E-state index in [4.69, 9.17) is 11.6 Å². The van der Waals surface area contributed by atoms with Crippen LogP contribution in [0.4, 0.5) is 5.69 Å². The van der Waals surface area contributed by atoms with E-state index in [-0.39, 0.29) is 6.10 Å². The molecule has 0 bridgehead atoms. The van der Waals surface area contributed by atoms with Crippen LogP contribution in [0.1, 0.15) is 31.2 Å². The highest BCUT2D eigenvalue weighted by atomic mass is 35.5. The molecule has 4 heteroatoms. The van der Waals surface area contributed by atoms with Gasteiger partial charge < -0.3 is 15.3 Å². The minimum absolute atomic E-state index is 0.104. The van der Waals surface area contributed by atoms with Crippen LogP contribution < -0.4 is 10.2 Å². The summed E-state index contributed by atoms with van der Waals surface area (Å²) in [5, 5.41) is 14.5. The lowest BCUT2D eigenvalue weighted by Crippen LogP contribution is -2.26. The first-order valence-electron chi connectivity index (χ1n) is 8.15. The van der Waals surface area contributed by atoms with Crippen LogP contribution in [0, 0.1) is 11.8 Å². The molecule has 2 saturated carbocycles. The van der Waals surface area contributed by atoms with E-state index >= 15 is 0 Å². The summed E-state index contributed by atoms with van der Waals surface area (Å²) in [4.78, 5) is 2.44. The van der Waals surface area contributed by atoms with Crippen LogP contribution in [-0.2, 0) is 6.54 Å². The van der Waals surface area contributed by atoms with Gasteiger partial charge in [-0.15, -0.1) is 0 Å². The maximum absolute atomic E-state index is 10.1. The van der Waals surface area contributed by atoms with Crippen molar-refractivity contribution in [3.8, 4) is 0 Å². The Hall–Kier alpha value is -0.770. The highest BCUT2D eigenvalue weighted by Gasteiger charge is 2.42. The molecule has 4 rings (SSSR count). The van der Waals surface area contributed by atoms with Gasteiger partial charge >= 0.3 is 0 Å². The summed E-state index contributed by atoms with van der Waals surface area (Å²) in [6.07, 6.45) is 4.66. The van der Waals surface area contributed by atoms with E-state index in [1.807, 2.05) is 6.07 Å². The summed E-state index contributed by atoms with van der Waals surface area (Å²) in [6.45, 7) is 2.96. The van der Waals surface area contributed by atoms with Crippen molar-refractivity contribution in [2.45, 2.75) is 44.4 Å². The van der Waals surface area contributed by atoms with E-state index in [2.05, 4.69) is 22.3 Å². The average molecular weight is 307 g/mol. The molecule has 1 saturated heterocycles. The van der Waals surface area contributed by atoms with Crippen molar-refractivity contribution < 1.29 is 5.11 Å². The highest BCUT2D eigenvalue weighted by Crippen LogP contribution is 2.41. The molecular weight excluding hydrogens is 284 g/mol. The molecule has 3 fully saturated rings. The lowest BCUT2D eigenvalue weighted by molar-refractivity contribution is 0.133. The zero-order valence-electron chi connectivity index (χ0n) is 12.3. The molecule has 0 aromatic heterocycles. The second kappa shape index (κ2) is 5.45. The molecule has 1 aliphatic heterocycles. The van der Waals surface area contributed by atoms with Gasteiger partial charge in [-0.3, -0.25) is 0 Å². The molecule has 0 spiro atoms. The van der Waals surface area contributed by atoms with Gasteiger partial charge in [-0.25, -0.2) is 0 Å². The van der Waals surface area contributed by atoms with Crippen molar-refractivity contribution in [2.24, 2.45) is 11.8 Å². The molecule has 21 heavy (non-hydrogen) atoms. The van der Waals surface area contributed by atoms with E-state index in [1.165, 1.54) is 30.5 Å². The number of anilines is 1. The number of hydrogen-bond acceptors (Lipinski definition) is 3. The van der Waals surface area contributed by atoms with E-state index in [9.17, 15) is 5.11 Å². The van der Waals surface area contributed by atoms with Gasteiger partial charge in [0.05, 0.1) is 6.10 Å². The number of nitrogens with one attached hydrogen (secondary N) is 1. The molecule has 3 atom stereocenters. The van der Waals surface area contributed by atoms with Crippen molar-refractivity contribution in [2.75, 3.05) is 18.0 Å². The number of nitrogens with zero attached hydrogens (tertiary/aromatic N) is 1. The number of benzene rings is 1. The van der Waals surface area contributed by atoms with Gasteiger partial charge in [-0.2, -0.15) is 0 Å². The molecule has 0 amide bonds. The normalized spacial score (nSPS) is 31.7. The molecule has 2 aliphatic carbocycles. The zero-order valence-corrected chi connectivity index (χ0v) is 13.0. The fourth-order valence-corrected chi connectivity index (χ4v) is 4.12. The predicted molar refractivity (Wildman–Crippen MR) is 85.7 cm³/mol. The van der Waals surface area contributed by atoms with Crippen molar-refractivity contribution >= 4 is 17.3 Å². The molecule has 0 radical (unpaired) electrons. The fraction of sp³-hybridized carbons (Fsp3) is 0.647. The number of rotatable bonds is 4. The van der Waals surface area contributed by atoms with Crippen molar-refractivity contribution in [3.05, 3.63) is 28.8 Å². The summed E-state index contributed by atoms with van der Waals surface area (Å²) in [6, 6.07) is 6.95. The van der Waals surface area contributed by atoms with Crippen LogP contribution in [-0.4, -0.2) is 30.3 Å². The summed E-state index contributed by atoms with van der Waals surface area (Å²) in [5.74, 6) is 1.11. The first-order valence-corrected chi connectivity index (χ1v) is 8.53. The molecule has 1 heterocycles. The van der Waals surface area contributed by atoms with Crippen LogP contribution in [0.25, 0.3) is 0 Å². The quantitative estimate of drug-likeness (QED) is 0.898. The summed E-state index contributed by atoms with van der Waals surface area (Å²) in [7, 11) is 0. The monoisotopic (exact) mass is 306 g/mol. The Bertz CT molecular complexity index is 532. The molecule has 1 aromatic carbocycles. The van der Waals surface area contributed by atoms with Crippen LogP contribution in [0.15, 0.2) is 18.2 Å². The Balaban J connectivity index is 1.54. The topological polar surface area (TPSA) is 35.5 Å². The highest BCUT2D eigenvalue weighted by molar-refractivity contribution is 6.30. The first-order chi connectivity index (χ1) is 10.2.